The van der Waals surface area contributed by atoms with E-state index < -0.39 is 17.1 Å². The molecule has 0 aliphatic rings. The van der Waals surface area contributed by atoms with Gasteiger partial charge in [-0.25, -0.2) is 0 Å². The normalized spacial score (nSPS) is 12.8. The second-order valence-corrected chi connectivity index (χ2v) is 7.50. The maximum absolute atomic E-state index is 11.5. The number of rotatable bonds is 12. The molecule has 2 aromatic carbocycles. The Hall–Kier alpha value is -3.63. The Bertz CT molecular complexity index is 1040. The Morgan fingerprint density at radius 1 is 1.21 bits per heavy atom. The molecule has 0 aliphatic carbocycles. The average molecular weight is 454 g/mol. The lowest BCUT2D eigenvalue weighted by Gasteiger charge is -2.18. The quantitative estimate of drug-likeness (QED) is 0.240. The maximum atomic E-state index is 11.5. The van der Waals surface area contributed by atoms with E-state index in [4.69, 9.17) is 9.26 Å². The molecule has 3 aromatic rings. The molecule has 0 saturated carbocycles. The number of nitrogens with zero attached hydrogens (tertiary/aromatic N) is 3. The maximum Gasteiger partial charge on any atom is 0.305 e. The number of aromatic nitrogens is 2. The van der Waals surface area contributed by atoms with E-state index >= 15 is 0 Å². The molecule has 2 N–H and O–H groups in total. The van der Waals surface area contributed by atoms with Crippen LogP contribution in [0.5, 0.6) is 0 Å². The van der Waals surface area contributed by atoms with Gasteiger partial charge in [-0.3, -0.25) is 14.9 Å². The number of aliphatic hydroxyl groups is 1. The van der Waals surface area contributed by atoms with Gasteiger partial charge in [-0.15, -0.1) is 0 Å². The fraction of sp³-hybridized carbons (Fsp3) is 0.348. The fourth-order valence-corrected chi connectivity index (χ4v) is 3.13. The van der Waals surface area contributed by atoms with Crippen molar-refractivity contribution >= 4 is 11.7 Å². The number of carbonyl (C=O) groups is 1. The lowest BCUT2D eigenvalue weighted by molar-refractivity contribution is -0.384. The summed E-state index contributed by atoms with van der Waals surface area (Å²) in [4.78, 5) is 26.4. The highest BCUT2D eigenvalue weighted by atomic mass is 16.6. The third-order valence-corrected chi connectivity index (χ3v) is 4.85. The van der Waals surface area contributed by atoms with Gasteiger partial charge < -0.3 is 19.7 Å². The molecule has 2 atom stereocenters. The summed E-state index contributed by atoms with van der Waals surface area (Å²) >= 11 is 0. The molecule has 174 valence electrons. The highest BCUT2D eigenvalue weighted by Gasteiger charge is 2.22. The number of hydrogen-bond donors (Lipinski definition) is 2. The van der Waals surface area contributed by atoms with Gasteiger partial charge in [0.05, 0.1) is 11.0 Å². The van der Waals surface area contributed by atoms with Crippen molar-refractivity contribution in [2.24, 2.45) is 0 Å². The van der Waals surface area contributed by atoms with Crippen LogP contribution < -0.4 is 5.32 Å². The van der Waals surface area contributed by atoms with Crippen LogP contribution in [0, 0.1) is 10.1 Å². The summed E-state index contributed by atoms with van der Waals surface area (Å²) in [5.74, 6) is 0.262. The van der Waals surface area contributed by atoms with Gasteiger partial charge in [0.25, 0.3) is 5.69 Å². The molecule has 0 amide bonds. The number of ether oxygens (including phenoxy) is 1. The van der Waals surface area contributed by atoms with Crippen LogP contribution in [0.3, 0.4) is 0 Å². The Labute approximate surface area is 190 Å². The fourth-order valence-electron chi connectivity index (χ4n) is 3.13. The third kappa shape index (κ3) is 7.19. The Morgan fingerprint density at radius 3 is 2.61 bits per heavy atom. The van der Waals surface area contributed by atoms with E-state index in [1.807, 2.05) is 37.3 Å². The highest BCUT2D eigenvalue weighted by Crippen LogP contribution is 2.23. The standard InChI is InChI=1S/C23H26N4O6/c1-2-6-21(29)32-15-19(28)14-24-20(13-16-7-4-3-5-8-16)23-25-22(26-33-23)17-9-11-18(12-10-17)27(30)31/h3-5,7-12,19-20,24,28H,2,6,13-15H2,1H3. The molecule has 0 bridgehead atoms. The number of carbonyl (C=O) groups excluding carboxylic acids is 1. The zero-order valence-electron chi connectivity index (χ0n) is 18.2. The second-order valence-electron chi connectivity index (χ2n) is 7.50. The predicted molar refractivity (Wildman–Crippen MR) is 119 cm³/mol. The van der Waals surface area contributed by atoms with Gasteiger partial charge in [-0.05, 0) is 30.5 Å². The van der Waals surface area contributed by atoms with E-state index in [-0.39, 0.29) is 24.8 Å². The molecule has 33 heavy (non-hydrogen) atoms. The summed E-state index contributed by atoms with van der Waals surface area (Å²) in [5.41, 5.74) is 1.57. The molecule has 0 spiro atoms. The first kappa shape index (κ1) is 24.0. The Morgan fingerprint density at radius 2 is 1.94 bits per heavy atom. The van der Waals surface area contributed by atoms with Crippen LogP contribution in [0.1, 0.15) is 37.3 Å². The Kier molecular flexibility index (Phi) is 8.62. The summed E-state index contributed by atoms with van der Waals surface area (Å²) in [5, 5.41) is 28.3. The molecule has 10 nitrogen and oxygen atoms in total. The van der Waals surface area contributed by atoms with Crippen molar-refractivity contribution in [3.05, 3.63) is 76.2 Å². The zero-order valence-corrected chi connectivity index (χ0v) is 18.2. The number of nitrogens with one attached hydrogen (secondary N) is 1. The minimum absolute atomic E-state index is 0.0280. The molecule has 3 rings (SSSR count). The van der Waals surface area contributed by atoms with Gasteiger partial charge in [0.1, 0.15) is 12.7 Å². The van der Waals surface area contributed by atoms with Crippen LogP contribution in [-0.2, 0) is 16.0 Å². The number of esters is 1. The first-order valence-corrected chi connectivity index (χ1v) is 10.7. The van der Waals surface area contributed by atoms with Gasteiger partial charge in [0, 0.05) is 30.7 Å². The highest BCUT2D eigenvalue weighted by molar-refractivity contribution is 5.69. The van der Waals surface area contributed by atoms with Gasteiger partial charge in [-0.2, -0.15) is 4.98 Å². The zero-order chi connectivity index (χ0) is 23.6. The largest absolute Gasteiger partial charge is 0.463 e. The molecular formula is C23H26N4O6. The van der Waals surface area contributed by atoms with E-state index in [0.717, 1.165) is 5.56 Å². The monoisotopic (exact) mass is 454 g/mol. The van der Waals surface area contributed by atoms with Crippen molar-refractivity contribution in [1.29, 1.82) is 0 Å². The molecular weight excluding hydrogens is 428 g/mol. The van der Waals surface area contributed by atoms with E-state index in [1.165, 1.54) is 12.1 Å². The van der Waals surface area contributed by atoms with Gasteiger partial charge in [-0.1, -0.05) is 42.4 Å². The number of nitro groups is 1. The summed E-state index contributed by atoms with van der Waals surface area (Å²) < 4.78 is 10.5. The van der Waals surface area contributed by atoms with E-state index in [2.05, 4.69) is 15.5 Å². The van der Waals surface area contributed by atoms with Crippen LogP contribution >= 0.6 is 0 Å². The number of non-ortho nitro benzene ring substituents is 1. The van der Waals surface area contributed by atoms with Crippen molar-refractivity contribution in [1.82, 2.24) is 15.5 Å². The van der Waals surface area contributed by atoms with E-state index in [0.29, 0.717) is 36.5 Å². The molecule has 1 heterocycles. The first-order chi connectivity index (χ1) is 16.0. The van der Waals surface area contributed by atoms with Gasteiger partial charge in [0.2, 0.25) is 11.7 Å². The van der Waals surface area contributed by atoms with E-state index in [1.54, 1.807) is 12.1 Å². The van der Waals surface area contributed by atoms with Gasteiger partial charge in [0.15, 0.2) is 0 Å². The molecule has 1 aromatic heterocycles. The van der Waals surface area contributed by atoms with Crippen LogP contribution in [-0.4, -0.2) is 45.4 Å². The van der Waals surface area contributed by atoms with Crippen molar-refractivity contribution < 1.29 is 24.1 Å². The summed E-state index contributed by atoms with van der Waals surface area (Å²) in [6, 6.07) is 15.1. The lowest BCUT2D eigenvalue weighted by atomic mass is 10.1. The third-order valence-electron chi connectivity index (χ3n) is 4.85. The molecule has 0 radical (unpaired) electrons. The second kappa shape index (κ2) is 11.8. The average Bonchev–Trinajstić information content (AvgIpc) is 3.31. The number of aliphatic hydroxyl groups excluding tert-OH is 1. The summed E-state index contributed by atoms with van der Waals surface area (Å²) in [6.07, 6.45) is 0.608. The van der Waals surface area contributed by atoms with E-state index in [9.17, 15) is 20.0 Å². The van der Waals surface area contributed by atoms with Crippen molar-refractivity contribution in [3.8, 4) is 11.4 Å². The molecule has 0 fully saturated rings. The predicted octanol–water partition coefficient (Wildman–Crippen LogP) is 3.22. The van der Waals surface area contributed by atoms with Crippen LogP contribution in [0.25, 0.3) is 11.4 Å². The summed E-state index contributed by atoms with van der Waals surface area (Å²) in [6.45, 7) is 1.91. The van der Waals surface area contributed by atoms with Crippen molar-refractivity contribution in [2.45, 2.75) is 38.3 Å². The first-order valence-electron chi connectivity index (χ1n) is 10.7. The topological polar surface area (TPSA) is 141 Å². The number of hydrogen-bond acceptors (Lipinski definition) is 9. The minimum Gasteiger partial charge on any atom is -0.463 e. The molecule has 0 saturated heterocycles. The SMILES string of the molecule is CCCC(=O)OCC(O)CNC(Cc1ccccc1)c1nc(-c2ccc([N+](=O)[O-])cc2)no1. The Balaban J connectivity index is 1.70. The summed E-state index contributed by atoms with van der Waals surface area (Å²) in [7, 11) is 0. The number of benzene rings is 2. The minimum atomic E-state index is -0.902. The molecule has 10 heteroatoms. The molecule has 2 unspecified atom stereocenters. The molecule has 0 aliphatic heterocycles. The van der Waals surface area contributed by atoms with Crippen LogP contribution in [0.15, 0.2) is 59.1 Å². The lowest BCUT2D eigenvalue weighted by Crippen LogP contribution is -2.34. The van der Waals surface area contributed by atoms with Crippen LogP contribution in [0.4, 0.5) is 5.69 Å². The smallest absolute Gasteiger partial charge is 0.305 e. The number of nitro benzene ring substituents is 1. The van der Waals surface area contributed by atoms with Gasteiger partial charge >= 0.3 is 5.97 Å². The van der Waals surface area contributed by atoms with Crippen LogP contribution in [0.2, 0.25) is 0 Å². The van der Waals surface area contributed by atoms with Crippen molar-refractivity contribution in [3.63, 3.8) is 0 Å². The van der Waals surface area contributed by atoms with Crippen molar-refractivity contribution in [2.75, 3.05) is 13.2 Å².